The van der Waals surface area contributed by atoms with E-state index < -0.39 is 42.1 Å². The van der Waals surface area contributed by atoms with E-state index in [9.17, 15) is 28.3 Å². The number of carbonyl (C=O) groups is 3. The van der Waals surface area contributed by atoms with E-state index in [1.54, 1.807) is 24.3 Å². The second kappa shape index (κ2) is 15.5. The first-order chi connectivity index (χ1) is 23.7. The van der Waals surface area contributed by atoms with Crippen LogP contribution in [0, 0.1) is 11.6 Å². The van der Waals surface area contributed by atoms with Crippen LogP contribution in [0.1, 0.15) is 6.92 Å². The molecule has 49 heavy (non-hydrogen) atoms. The molecule has 4 fully saturated rings. The first-order valence-corrected chi connectivity index (χ1v) is 16.4. The van der Waals surface area contributed by atoms with Crippen LogP contribution in [0.5, 0.6) is 0 Å². The molecular formula is C33H41F2N5O9. The normalized spacial score (nSPS) is 22.0. The molecule has 0 aromatic heterocycles. The summed E-state index contributed by atoms with van der Waals surface area (Å²) >= 11 is 0. The van der Waals surface area contributed by atoms with E-state index in [0.29, 0.717) is 75.4 Å². The Hall–Kier alpha value is -4.25. The van der Waals surface area contributed by atoms with Crippen molar-refractivity contribution in [2.24, 2.45) is 0 Å². The number of amides is 3. The number of nitrogens with zero attached hydrogens (tertiary/aromatic N) is 5. The largest absolute Gasteiger partial charge is 0.442 e. The van der Waals surface area contributed by atoms with Crippen molar-refractivity contribution in [3.63, 3.8) is 0 Å². The number of aliphatic hydroxyl groups excluding tert-OH is 1. The number of cyclic esters (lactones) is 2. The van der Waals surface area contributed by atoms with Crippen LogP contribution in [-0.2, 0) is 28.5 Å². The summed E-state index contributed by atoms with van der Waals surface area (Å²) in [5, 5.41) is 10.6. The van der Waals surface area contributed by atoms with E-state index in [4.69, 9.17) is 23.7 Å². The lowest BCUT2D eigenvalue weighted by atomic mass is 10.2. The van der Waals surface area contributed by atoms with E-state index in [1.807, 2.05) is 9.80 Å². The molecule has 4 saturated heterocycles. The minimum Gasteiger partial charge on any atom is -0.442 e. The van der Waals surface area contributed by atoms with Crippen LogP contribution in [0.3, 0.4) is 0 Å². The number of halogens is 2. The van der Waals surface area contributed by atoms with Gasteiger partial charge in [-0.05, 0) is 36.4 Å². The fraction of sp³-hybridized carbons (Fsp3) is 0.545. The molecule has 4 heterocycles. The van der Waals surface area contributed by atoms with Crippen LogP contribution in [0.15, 0.2) is 36.4 Å². The third-order valence-corrected chi connectivity index (χ3v) is 8.85. The van der Waals surface area contributed by atoms with E-state index in [1.165, 1.54) is 33.8 Å². The third-order valence-electron chi connectivity index (χ3n) is 8.85. The number of aliphatic hydroxyl groups is 1. The Morgan fingerprint density at radius 3 is 1.84 bits per heavy atom. The number of hydrogen-bond donors (Lipinski definition) is 1. The first-order valence-electron chi connectivity index (χ1n) is 16.4. The molecule has 0 aliphatic carbocycles. The van der Waals surface area contributed by atoms with Gasteiger partial charge in [-0.25, -0.2) is 18.4 Å². The zero-order valence-corrected chi connectivity index (χ0v) is 27.3. The van der Waals surface area contributed by atoms with Crippen molar-refractivity contribution in [1.29, 1.82) is 0 Å². The van der Waals surface area contributed by atoms with Crippen LogP contribution in [0.25, 0.3) is 0 Å². The van der Waals surface area contributed by atoms with Crippen LogP contribution >= 0.6 is 0 Å². The molecule has 1 unspecified atom stereocenters. The second-order valence-corrected chi connectivity index (χ2v) is 12.3. The van der Waals surface area contributed by atoms with Gasteiger partial charge in [0, 0.05) is 39.6 Å². The monoisotopic (exact) mass is 689 g/mol. The van der Waals surface area contributed by atoms with E-state index in [2.05, 4.69) is 0 Å². The molecule has 0 spiro atoms. The summed E-state index contributed by atoms with van der Waals surface area (Å²) in [6.07, 6.45) is -3.74. The molecule has 266 valence electrons. The quantitative estimate of drug-likeness (QED) is 0.352. The minimum absolute atomic E-state index is 0.0130. The summed E-state index contributed by atoms with van der Waals surface area (Å²) in [6.45, 7) is 5.66. The van der Waals surface area contributed by atoms with Crippen LogP contribution in [0.2, 0.25) is 0 Å². The molecule has 0 bridgehead atoms. The topological polar surface area (TPSA) is 134 Å². The average molecular weight is 690 g/mol. The average Bonchev–Trinajstić information content (AvgIpc) is 3.65. The van der Waals surface area contributed by atoms with E-state index >= 15 is 0 Å². The van der Waals surface area contributed by atoms with E-state index in [-0.39, 0.29) is 45.3 Å². The molecule has 2 aromatic carbocycles. The molecule has 14 nitrogen and oxygen atoms in total. The molecule has 6 rings (SSSR count). The lowest BCUT2D eigenvalue weighted by Gasteiger charge is -2.29. The van der Waals surface area contributed by atoms with Gasteiger partial charge in [-0.2, -0.15) is 0 Å². The van der Waals surface area contributed by atoms with Gasteiger partial charge in [0.15, 0.2) is 0 Å². The second-order valence-electron chi connectivity index (χ2n) is 12.3. The fourth-order valence-corrected chi connectivity index (χ4v) is 6.32. The van der Waals surface area contributed by atoms with Crippen LogP contribution < -0.4 is 19.6 Å². The van der Waals surface area contributed by atoms with Crippen molar-refractivity contribution in [1.82, 2.24) is 4.90 Å². The maximum atomic E-state index is 15.0. The predicted octanol–water partition coefficient (Wildman–Crippen LogP) is 2.21. The molecule has 3 atom stereocenters. The number of rotatable bonds is 12. The molecule has 4 aliphatic heterocycles. The Morgan fingerprint density at radius 1 is 0.857 bits per heavy atom. The summed E-state index contributed by atoms with van der Waals surface area (Å²) in [7, 11) is 0. The fourth-order valence-electron chi connectivity index (χ4n) is 6.32. The molecule has 0 radical (unpaired) electrons. The number of anilines is 4. The smallest absolute Gasteiger partial charge is 0.414 e. The third kappa shape index (κ3) is 8.32. The standard InChI is InChI=1S/C33H41F2N5O9/c1-22(41)38(17-26-18-39(32(43)48-26)23-2-4-30(28(34)14-23)36-6-10-45-11-7-36)16-25(42)20-47-21-27-19-40(33(44)49-27)24-3-5-31(29(35)15-24)37-8-12-46-13-9-37/h2-5,14-15,25-27,42H,6-13,16-21H2,1H3/t25?,26-,27+/m0/s1. The Morgan fingerprint density at radius 2 is 1.35 bits per heavy atom. The zero-order valence-electron chi connectivity index (χ0n) is 27.3. The van der Waals surface area contributed by atoms with Crippen molar-refractivity contribution >= 4 is 40.8 Å². The first kappa shape index (κ1) is 34.6. The highest BCUT2D eigenvalue weighted by Gasteiger charge is 2.36. The number of ether oxygens (including phenoxy) is 5. The molecule has 1 N–H and O–H groups in total. The molecule has 4 aliphatic rings. The van der Waals surface area contributed by atoms with Crippen molar-refractivity contribution in [3.05, 3.63) is 48.0 Å². The summed E-state index contributed by atoms with van der Waals surface area (Å²) in [5.41, 5.74) is 1.58. The van der Waals surface area contributed by atoms with Gasteiger partial charge >= 0.3 is 12.2 Å². The minimum atomic E-state index is -1.09. The highest BCUT2D eigenvalue weighted by molar-refractivity contribution is 5.91. The molecule has 0 saturated carbocycles. The van der Waals surface area contributed by atoms with Crippen LogP contribution in [0.4, 0.5) is 41.1 Å². The van der Waals surface area contributed by atoms with Gasteiger partial charge < -0.3 is 43.5 Å². The highest BCUT2D eigenvalue weighted by atomic mass is 19.1. The maximum Gasteiger partial charge on any atom is 0.414 e. The van der Waals surface area contributed by atoms with Gasteiger partial charge in [0.2, 0.25) is 5.91 Å². The SMILES string of the molecule is CC(=O)N(CC(O)COC[C@H]1CN(c2ccc(N3CCOCC3)c(F)c2)C(=O)O1)C[C@H]1CN(c2ccc(N3CCOCC3)c(F)c2)C(=O)O1. The number of carbonyl (C=O) groups excluding carboxylic acids is 3. The molecule has 3 amide bonds. The summed E-state index contributed by atoms with van der Waals surface area (Å²) in [5.74, 6) is -1.25. The Kier molecular flexibility index (Phi) is 11.0. The highest BCUT2D eigenvalue weighted by Crippen LogP contribution is 2.30. The number of hydrogen-bond acceptors (Lipinski definition) is 11. The van der Waals surface area contributed by atoms with Crippen LogP contribution in [-0.4, -0.2) is 138 Å². The van der Waals surface area contributed by atoms with Gasteiger partial charge in [-0.15, -0.1) is 0 Å². The van der Waals surface area contributed by atoms with Gasteiger partial charge in [-0.1, -0.05) is 0 Å². The Labute approximate surface area is 282 Å². The lowest BCUT2D eigenvalue weighted by Crippen LogP contribution is -2.43. The predicted molar refractivity (Wildman–Crippen MR) is 173 cm³/mol. The van der Waals surface area contributed by atoms with Gasteiger partial charge in [0.05, 0.1) is 88.1 Å². The van der Waals surface area contributed by atoms with Crippen molar-refractivity contribution in [3.8, 4) is 0 Å². The van der Waals surface area contributed by atoms with Gasteiger partial charge in [0.1, 0.15) is 23.8 Å². The van der Waals surface area contributed by atoms with Crippen molar-refractivity contribution in [2.45, 2.75) is 25.2 Å². The van der Waals surface area contributed by atoms with Gasteiger partial charge in [0.25, 0.3) is 0 Å². The molecule has 2 aromatic rings. The maximum absolute atomic E-state index is 15.0. The summed E-state index contributed by atoms with van der Waals surface area (Å²) < 4.78 is 57.0. The lowest BCUT2D eigenvalue weighted by molar-refractivity contribution is -0.132. The van der Waals surface area contributed by atoms with Crippen molar-refractivity contribution in [2.75, 3.05) is 112 Å². The molecular weight excluding hydrogens is 648 g/mol. The Bertz CT molecular complexity index is 1510. The van der Waals surface area contributed by atoms with E-state index in [0.717, 1.165) is 0 Å². The number of benzene rings is 2. The summed E-state index contributed by atoms with van der Waals surface area (Å²) in [6, 6.07) is 9.18. The van der Waals surface area contributed by atoms with Gasteiger partial charge in [-0.3, -0.25) is 14.6 Å². The summed E-state index contributed by atoms with van der Waals surface area (Å²) in [4.78, 5) is 45.4. The van der Waals surface area contributed by atoms with Crippen molar-refractivity contribution < 1.29 is 52.0 Å². The molecule has 16 heteroatoms. The zero-order chi connectivity index (χ0) is 34.5. The number of morpholine rings is 2. The Balaban J connectivity index is 0.955.